The summed E-state index contributed by atoms with van der Waals surface area (Å²) in [6.07, 6.45) is 4.80. The minimum Gasteiger partial charge on any atom is -0.191 e. The Hall–Kier alpha value is -1.63. The molecule has 0 saturated carbocycles. The summed E-state index contributed by atoms with van der Waals surface area (Å²) in [5, 5.41) is 0. The van der Waals surface area contributed by atoms with E-state index in [1.165, 1.54) is 48.2 Å². The van der Waals surface area contributed by atoms with Gasteiger partial charge in [-0.1, -0.05) is 32.0 Å². The first-order valence-corrected chi connectivity index (χ1v) is 7.82. The Kier molecular flexibility index (Phi) is 3.37. The van der Waals surface area contributed by atoms with Gasteiger partial charge >= 0.3 is 0 Å². The van der Waals surface area contributed by atoms with Crippen LogP contribution in [0.3, 0.4) is 0 Å². The Morgan fingerprint density at radius 3 is 2.50 bits per heavy atom. The zero-order chi connectivity index (χ0) is 14.2. The number of pyridine rings is 1. The molecule has 3 rings (SSSR count). The molecule has 0 radical (unpaired) electrons. The summed E-state index contributed by atoms with van der Waals surface area (Å²) in [6.45, 7) is 6.92. The van der Waals surface area contributed by atoms with Crippen LogP contribution in [0.1, 0.15) is 44.4 Å². The fraction of sp³-hybridized carbons (Fsp3) is 0.421. The Morgan fingerprint density at radius 1 is 1.00 bits per heavy atom. The van der Waals surface area contributed by atoms with Gasteiger partial charge in [-0.05, 0) is 24.1 Å². The predicted octanol–water partition coefficient (Wildman–Crippen LogP) is 4.41. The average Bonchev–Trinajstić information content (AvgIpc) is 2.64. The maximum absolute atomic E-state index is 2.61. The molecule has 0 bridgehead atoms. The van der Waals surface area contributed by atoms with Crippen LogP contribution in [-0.4, -0.2) is 0 Å². The summed E-state index contributed by atoms with van der Waals surface area (Å²) in [6, 6.07) is 15.6. The fourth-order valence-electron chi connectivity index (χ4n) is 3.84. The van der Waals surface area contributed by atoms with E-state index in [-0.39, 0.29) is 5.54 Å². The Balaban J connectivity index is 2.34. The van der Waals surface area contributed by atoms with Gasteiger partial charge in [0.05, 0.1) is 0 Å². The standard InChI is InChI=1S/C19H24N/c1-4-19(5-2)14-13-16-10-6-7-11-17(16)18-12-8-9-15(3)20(18)19/h6-12H,4-5,13-14H2,1-3H3/q+1. The largest absolute Gasteiger partial charge is 0.213 e. The molecular weight excluding hydrogens is 242 g/mol. The highest BCUT2D eigenvalue weighted by atomic mass is 15.1. The van der Waals surface area contributed by atoms with Crippen LogP contribution >= 0.6 is 0 Å². The average molecular weight is 266 g/mol. The van der Waals surface area contributed by atoms with Gasteiger partial charge < -0.3 is 0 Å². The van der Waals surface area contributed by atoms with Crippen LogP contribution in [0.5, 0.6) is 0 Å². The van der Waals surface area contributed by atoms with Crippen molar-refractivity contribution in [2.24, 2.45) is 0 Å². The normalized spacial score (nSPS) is 16.1. The van der Waals surface area contributed by atoms with Gasteiger partial charge in [0.15, 0.2) is 11.2 Å². The topological polar surface area (TPSA) is 3.88 Å². The second-order valence-corrected chi connectivity index (χ2v) is 5.98. The highest BCUT2D eigenvalue weighted by Crippen LogP contribution is 2.34. The molecule has 0 fully saturated rings. The van der Waals surface area contributed by atoms with Crippen molar-refractivity contribution in [2.45, 2.75) is 52.0 Å². The summed E-state index contributed by atoms with van der Waals surface area (Å²) in [4.78, 5) is 0. The lowest BCUT2D eigenvalue weighted by Crippen LogP contribution is -2.58. The van der Waals surface area contributed by atoms with Crippen LogP contribution in [0.4, 0.5) is 0 Å². The van der Waals surface area contributed by atoms with Crippen LogP contribution in [-0.2, 0) is 12.0 Å². The lowest BCUT2D eigenvalue weighted by molar-refractivity contribution is -0.762. The van der Waals surface area contributed by atoms with E-state index >= 15 is 0 Å². The van der Waals surface area contributed by atoms with Gasteiger partial charge in [-0.25, -0.2) is 0 Å². The van der Waals surface area contributed by atoms with Gasteiger partial charge in [-0.3, -0.25) is 0 Å². The third-order valence-corrected chi connectivity index (χ3v) is 5.13. The lowest BCUT2D eigenvalue weighted by Gasteiger charge is -2.27. The van der Waals surface area contributed by atoms with Crippen molar-refractivity contribution < 1.29 is 4.57 Å². The van der Waals surface area contributed by atoms with Crippen molar-refractivity contribution in [3.05, 3.63) is 53.7 Å². The molecule has 2 aromatic rings. The van der Waals surface area contributed by atoms with E-state index < -0.39 is 0 Å². The van der Waals surface area contributed by atoms with Crippen LogP contribution < -0.4 is 4.57 Å². The summed E-state index contributed by atoms with van der Waals surface area (Å²) in [5.74, 6) is 0. The maximum atomic E-state index is 2.61. The molecule has 0 amide bonds. The highest BCUT2D eigenvalue weighted by Gasteiger charge is 2.41. The molecular formula is C19H24N+. The van der Waals surface area contributed by atoms with E-state index in [1.807, 2.05) is 0 Å². The maximum Gasteiger partial charge on any atom is 0.213 e. The van der Waals surface area contributed by atoms with Crippen molar-refractivity contribution in [3.63, 3.8) is 0 Å². The minimum atomic E-state index is 0.264. The van der Waals surface area contributed by atoms with E-state index in [9.17, 15) is 0 Å². The van der Waals surface area contributed by atoms with Crippen LogP contribution in [0.2, 0.25) is 0 Å². The van der Waals surface area contributed by atoms with Crippen molar-refractivity contribution in [3.8, 4) is 11.3 Å². The molecule has 1 nitrogen and oxygen atoms in total. The molecule has 0 saturated heterocycles. The molecule has 0 N–H and O–H groups in total. The molecule has 1 heteroatoms. The van der Waals surface area contributed by atoms with Crippen LogP contribution in [0.15, 0.2) is 42.5 Å². The Bertz CT molecular complexity index is 623. The molecule has 0 aliphatic carbocycles. The first-order valence-electron chi connectivity index (χ1n) is 7.82. The second kappa shape index (κ2) is 5.05. The van der Waals surface area contributed by atoms with Gasteiger partial charge in [-0.15, -0.1) is 0 Å². The van der Waals surface area contributed by atoms with E-state index in [4.69, 9.17) is 0 Å². The molecule has 104 valence electrons. The van der Waals surface area contributed by atoms with Crippen molar-refractivity contribution in [1.29, 1.82) is 0 Å². The number of aryl methyl sites for hydroxylation is 2. The van der Waals surface area contributed by atoms with E-state index in [2.05, 4.69) is 67.8 Å². The molecule has 1 aromatic heterocycles. The van der Waals surface area contributed by atoms with Crippen molar-refractivity contribution >= 4 is 0 Å². The summed E-state index contributed by atoms with van der Waals surface area (Å²) in [7, 11) is 0. The Labute approximate surface area is 122 Å². The smallest absolute Gasteiger partial charge is 0.191 e. The molecule has 0 spiro atoms. The lowest BCUT2D eigenvalue weighted by atomic mass is 9.86. The molecule has 1 aromatic carbocycles. The highest BCUT2D eigenvalue weighted by molar-refractivity contribution is 5.61. The van der Waals surface area contributed by atoms with Crippen molar-refractivity contribution in [1.82, 2.24) is 0 Å². The molecule has 20 heavy (non-hydrogen) atoms. The first kappa shape index (κ1) is 13.4. The monoisotopic (exact) mass is 266 g/mol. The minimum absolute atomic E-state index is 0.264. The van der Waals surface area contributed by atoms with Gasteiger partial charge in [0.1, 0.15) is 0 Å². The number of rotatable bonds is 2. The number of aromatic nitrogens is 1. The third-order valence-electron chi connectivity index (χ3n) is 5.13. The second-order valence-electron chi connectivity index (χ2n) is 5.98. The van der Waals surface area contributed by atoms with Gasteiger partial charge in [-0.2, -0.15) is 4.57 Å². The van der Waals surface area contributed by atoms with Gasteiger partial charge in [0, 0.05) is 43.9 Å². The van der Waals surface area contributed by atoms with E-state index in [0.29, 0.717) is 0 Å². The number of fused-ring (bicyclic) bond motifs is 3. The Morgan fingerprint density at radius 2 is 1.75 bits per heavy atom. The number of hydrogen-bond acceptors (Lipinski definition) is 0. The summed E-state index contributed by atoms with van der Waals surface area (Å²) in [5.41, 5.74) is 5.94. The molecule has 2 heterocycles. The van der Waals surface area contributed by atoms with E-state index in [0.717, 1.165) is 0 Å². The number of nitrogens with zero attached hydrogens (tertiary/aromatic N) is 1. The zero-order valence-corrected chi connectivity index (χ0v) is 12.8. The predicted molar refractivity (Wildman–Crippen MR) is 83.7 cm³/mol. The molecule has 1 aliphatic heterocycles. The van der Waals surface area contributed by atoms with Gasteiger partial charge in [0.25, 0.3) is 0 Å². The SMILES string of the molecule is CCC1(CC)CCc2ccccc2-c2cccc(C)[n+]21. The molecule has 1 aliphatic rings. The van der Waals surface area contributed by atoms with Crippen LogP contribution in [0, 0.1) is 6.92 Å². The third kappa shape index (κ3) is 1.88. The quantitative estimate of drug-likeness (QED) is 0.709. The van der Waals surface area contributed by atoms with Crippen LogP contribution in [0.25, 0.3) is 11.3 Å². The fourth-order valence-corrected chi connectivity index (χ4v) is 3.84. The number of benzene rings is 1. The molecule has 0 unspecified atom stereocenters. The zero-order valence-electron chi connectivity index (χ0n) is 12.8. The van der Waals surface area contributed by atoms with Gasteiger partial charge in [0.2, 0.25) is 5.69 Å². The van der Waals surface area contributed by atoms with E-state index in [1.54, 1.807) is 0 Å². The van der Waals surface area contributed by atoms with Crippen molar-refractivity contribution in [2.75, 3.05) is 0 Å². The first-order chi connectivity index (χ1) is 9.72. The number of hydrogen-bond donors (Lipinski definition) is 0. The summed E-state index contributed by atoms with van der Waals surface area (Å²) >= 11 is 0. The molecule has 0 atom stereocenters. The summed E-state index contributed by atoms with van der Waals surface area (Å²) < 4.78 is 2.61.